The first-order chi connectivity index (χ1) is 10.2. The van der Waals surface area contributed by atoms with Crippen LogP contribution in [-0.2, 0) is 14.4 Å². The van der Waals surface area contributed by atoms with Crippen LogP contribution >= 0.6 is 0 Å². The third-order valence-electron chi connectivity index (χ3n) is 5.33. The molecule has 0 radical (unpaired) electrons. The zero-order valence-electron chi connectivity index (χ0n) is 14.1. The Kier molecular flexibility index (Phi) is 3.31. The van der Waals surface area contributed by atoms with Crippen molar-refractivity contribution in [3.63, 3.8) is 0 Å². The Balaban J connectivity index is 2.09. The van der Waals surface area contributed by atoms with Crippen molar-refractivity contribution in [1.29, 1.82) is 0 Å². The molecule has 1 aliphatic heterocycles. The Morgan fingerprint density at radius 3 is 2.09 bits per heavy atom. The van der Waals surface area contributed by atoms with Crippen molar-refractivity contribution in [3.8, 4) is 0 Å². The maximum atomic E-state index is 13.0. The fourth-order valence-electron chi connectivity index (χ4n) is 4.06. The summed E-state index contributed by atoms with van der Waals surface area (Å²) in [6.07, 6.45) is -0.641. The number of hydrogen-bond acceptors (Lipinski definition) is 4. The lowest BCUT2D eigenvalue weighted by atomic mass is 9.82. The van der Waals surface area contributed by atoms with Crippen LogP contribution in [0.4, 0.5) is 0 Å². The van der Waals surface area contributed by atoms with E-state index in [9.17, 15) is 9.59 Å². The molecule has 0 N–H and O–H groups in total. The van der Waals surface area contributed by atoms with Crippen LogP contribution in [0.5, 0.6) is 0 Å². The number of carbonyl (C=O) groups is 2. The van der Waals surface area contributed by atoms with E-state index in [1.54, 1.807) is 12.1 Å². The van der Waals surface area contributed by atoms with Gasteiger partial charge in [0, 0.05) is 7.05 Å². The Labute approximate surface area is 131 Å². The quantitative estimate of drug-likeness (QED) is 0.748. The molecule has 3 rings (SSSR count). The Morgan fingerprint density at radius 1 is 1.05 bits per heavy atom. The number of Topliss-reactive ketones (excluding diaryl/α,β-unsaturated/α-hetero) is 2. The minimum Gasteiger partial charge on any atom is -0.298 e. The number of aryl methyl sites for hydroxylation is 3. The molecule has 4 nitrogen and oxygen atoms in total. The van der Waals surface area contributed by atoms with Crippen LogP contribution in [0.2, 0.25) is 0 Å². The predicted molar refractivity (Wildman–Crippen MR) is 83.6 cm³/mol. The van der Waals surface area contributed by atoms with Gasteiger partial charge in [0.05, 0.1) is 11.5 Å². The van der Waals surface area contributed by atoms with E-state index in [0.717, 1.165) is 22.3 Å². The lowest BCUT2D eigenvalue weighted by Crippen LogP contribution is -2.42. The third kappa shape index (κ3) is 1.90. The van der Waals surface area contributed by atoms with Gasteiger partial charge < -0.3 is 0 Å². The lowest BCUT2D eigenvalue weighted by molar-refractivity contribution is -0.171. The van der Waals surface area contributed by atoms with Crippen LogP contribution in [0.3, 0.4) is 0 Å². The highest BCUT2D eigenvalue weighted by atomic mass is 16.7. The van der Waals surface area contributed by atoms with Crippen LogP contribution in [0, 0.1) is 26.7 Å². The van der Waals surface area contributed by atoms with Crippen molar-refractivity contribution >= 4 is 11.6 Å². The molecule has 118 valence electrons. The van der Waals surface area contributed by atoms with E-state index < -0.39 is 23.5 Å². The molecule has 1 aromatic carbocycles. The zero-order valence-corrected chi connectivity index (χ0v) is 14.1. The minimum atomic E-state index is -0.677. The van der Waals surface area contributed by atoms with Crippen molar-refractivity contribution in [3.05, 3.63) is 34.4 Å². The molecule has 1 saturated heterocycles. The van der Waals surface area contributed by atoms with Gasteiger partial charge in [-0.1, -0.05) is 17.7 Å². The molecule has 0 spiro atoms. The smallest absolute Gasteiger partial charge is 0.179 e. The maximum Gasteiger partial charge on any atom is 0.179 e. The van der Waals surface area contributed by atoms with E-state index in [-0.39, 0.29) is 11.6 Å². The normalized spacial score (nSPS) is 30.9. The summed E-state index contributed by atoms with van der Waals surface area (Å²) in [5.74, 6) is -1.17. The molecule has 1 saturated carbocycles. The van der Waals surface area contributed by atoms with Gasteiger partial charge in [-0.15, -0.1) is 0 Å². The number of carbonyl (C=O) groups excluding carboxylic acids is 2. The first-order valence-corrected chi connectivity index (χ1v) is 7.72. The first kappa shape index (κ1) is 15.4. The first-order valence-electron chi connectivity index (χ1n) is 7.72. The molecule has 2 aliphatic rings. The summed E-state index contributed by atoms with van der Waals surface area (Å²) in [7, 11) is 1.79. The van der Waals surface area contributed by atoms with Crippen LogP contribution < -0.4 is 0 Å². The Morgan fingerprint density at radius 2 is 1.59 bits per heavy atom. The summed E-state index contributed by atoms with van der Waals surface area (Å²) in [6.45, 7) is 9.89. The Hall–Kier alpha value is -1.52. The summed E-state index contributed by atoms with van der Waals surface area (Å²) in [5.41, 5.74) is 3.58. The molecule has 3 unspecified atom stereocenters. The van der Waals surface area contributed by atoms with E-state index in [2.05, 4.69) is 0 Å². The number of benzene rings is 1. The molecule has 2 fully saturated rings. The van der Waals surface area contributed by atoms with E-state index in [4.69, 9.17) is 4.84 Å². The van der Waals surface area contributed by atoms with Crippen molar-refractivity contribution in [2.75, 3.05) is 7.05 Å². The van der Waals surface area contributed by atoms with Crippen molar-refractivity contribution < 1.29 is 14.4 Å². The molecule has 0 bridgehead atoms. The molecular weight excluding hydrogens is 278 g/mol. The van der Waals surface area contributed by atoms with Gasteiger partial charge >= 0.3 is 0 Å². The topological polar surface area (TPSA) is 46.6 Å². The maximum absolute atomic E-state index is 13.0. The van der Waals surface area contributed by atoms with Gasteiger partial charge in [0.1, 0.15) is 5.92 Å². The van der Waals surface area contributed by atoms with Gasteiger partial charge in [-0.3, -0.25) is 14.4 Å². The van der Waals surface area contributed by atoms with Crippen LogP contribution in [0.1, 0.15) is 42.0 Å². The van der Waals surface area contributed by atoms with Gasteiger partial charge in [0.25, 0.3) is 0 Å². The van der Waals surface area contributed by atoms with E-state index in [0.29, 0.717) is 0 Å². The van der Waals surface area contributed by atoms with E-state index >= 15 is 0 Å². The highest BCUT2D eigenvalue weighted by molar-refractivity contribution is 6.18. The molecule has 1 heterocycles. The summed E-state index contributed by atoms with van der Waals surface area (Å²) < 4.78 is 0. The van der Waals surface area contributed by atoms with Gasteiger partial charge in [-0.05, 0) is 51.3 Å². The number of ketones is 2. The predicted octanol–water partition coefficient (Wildman–Crippen LogP) is 2.49. The highest BCUT2D eigenvalue weighted by Gasteiger charge is 2.62. The molecule has 1 aliphatic carbocycles. The van der Waals surface area contributed by atoms with E-state index in [1.165, 1.54) is 0 Å². The summed E-state index contributed by atoms with van der Waals surface area (Å²) in [4.78, 5) is 31.6. The molecule has 1 aromatic rings. The van der Waals surface area contributed by atoms with Crippen LogP contribution in [0.25, 0.3) is 0 Å². The van der Waals surface area contributed by atoms with Crippen molar-refractivity contribution in [2.24, 2.45) is 5.92 Å². The van der Waals surface area contributed by atoms with Crippen LogP contribution in [0.15, 0.2) is 12.1 Å². The average molecular weight is 301 g/mol. The molecule has 0 amide bonds. The fourth-order valence-corrected chi connectivity index (χ4v) is 4.06. The highest BCUT2D eigenvalue weighted by Crippen LogP contribution is 2.47. The third-order valence-corrected chi connectivity index (χ3v) is 5.33. The number of fused-ring (bicyclic) bond motifs is 1. The average Bonchev–Trinajstić information content (AvgIpc) is 2.76. The molecular formula is C18H23NO3. The number of hydrogen-bond donors (Lipinski definition) is 0. The monoisotopic (exact) mass is 301 g/mol. The number of rotatable bonds is 1. The standard InChI is InChI=1S/C18H23NO3/c1-9-7-10(2)12(11(3)8-9)13-15(20)14-17(16(13)21)22-19(6)18(14,4)5/h7-8,13-14,17H,1-6H3. The summed E-state index contributed by atoms with van der Waals surface area (Å²) >= 11 is 0. The van der Waals surface area contributed by atoms with Gasteiger partial charge in [0.2, 0.25) is 0 Å². The number of hydroxylamine groups is 2. The molecule has 3 atom stereocenters. The largest absolute Gasteiger partial charge is 0.298 e. The summed E-state index contributed by atoms with van der Waals surface area (Å²) in [6, 6.07) is 4.07. The minimum absolute atomic E-state index is 0.000553. The molecule has 0 aromatic heterocycles. The van der Waals surface area contributed by atoms with Gasteiger partial charge in [-0.2, -0.15) is 5.06 Å². The van der Waals surface area contributed by atoms with E-state index in [1.807, 2.05) is 46.8 Å². The van der Waals surface area contributed by atoms with Gasteiger partial charge in [-0.25, -0.2) is 0 Å². The number of nitrogens with zero attached hydrogens (tertiary/aromatic N) is 1. The second-order valence-electron chi connectivity index (χ2n) is 7.20. The zero-order chi connectivity index (χ0) is 16.4. The molecule has 4 heteroatoms. The summed E-state index contributed by atoms with van der Waals surface area (Å²) in [5, 5.41) is 1.66. The van der Waals surface area contributed by atoms with Crippen molar-refractivity contribution in [1.82, 2.24) is 5.06 Å². The van der Waals surface area contributed by atoms with Crippen LogP contribution in [-0.4, -0.2) is 35.3 Å². The fraction of sp³-hybridized carbons (Fsp3) is 0.556. The second kappa shape index (κ2) is 4.74. The lowest BCUT2D eigenvalue weighted by Gasteiger charge is -2.29. The van der Waals surface area contributed by atoms with Crippen molar-refractivity contribution in [2.45, 2.75) is 52.2 Å². The van der Waals surface area contributed by atoms with Gasteiger partial charge in [0.15, 0.2) is 17.7 Å². The SMILES string of the molecule is Cc1cc(C)c(C2C(=O)C3ON(C)C(C)(C)C3C2=O)c(C)c1. The Bertz CT molecular complexity index is 654. The molecule has 22 heavy (non-hydrogen) atoms. The second-order valence-corrected chi connectivity index (χ2v) is 7.20.